The predicted octanol–water partition coefficient (Wildman–Crippen LogP) is 4.17. The monoisotopic (exact) mass is 331 g/mol. The van der Waals surface area contributed by atoms with Crippen LogP contribution in [0.1, 0.15) is 24.4 Å². The minimum atomic E-state index is -0.206. The van der Waals surface area contributed by atoms with Crippen LogP contribution in [0.15, 0.2) is 46.2 Å². The fourth-order valence-electron chi connectivity index (χ4n) is 2.24. The van der Waals surface area contributed by atoms with Gasteiger partial charge >= 0.3 is 0 Å². The molecule has 6 heteroatoms. The van der Waals surface area contributed by atoms with Crippen molar-refractivity contribution in [1.82, 2.24) is 15.1 Å². The molecule has 1 atom stereocenters. The second-order valence-electron chi connectivity index (χ2n) is 5.46. The summed E-state index contributed by atoms with van der Waals surface area (Å²) in [6.07, 6.45) is 0.840. The van der Waals surface area contributed by atoms with Crippen molar-refractivity contribution in [3.63, 3.8) is 0 Å². The molecule has 3 aromatic rings. The van der Waals surface area contributed by atoms with Crippen LogP contribution in [-0.2, 0) is 6.42 Å². The molecule has 0 spiro atoms. The van der Waals surface area contributed by atoms with E-state index in [1.165, 1.54) is 12.1 Å². The molecule has 0 radical (unpaired) electrons. The molecular weight excluding hydrogens is 313 g/mol. The summed E-state index contributed by atoms with van der Waals surface area (Å²) in [6.45, 7) is 2.86. The first-order valence-corrected chi connectivity index (χ1v) is 8.33. The first-order valence-electron chi connectivity index (χ1n) is 7.45. The Balaban J connectivity index is 1.61. The molecule has 23 heavy (non-hydrogen) atoms. The first-order chi connectivity index (χ1) is 11.1. The maximum atomic E-state index is 12.9. The SMILES string of the molecule is CC(c1nnc(-c2cccs2)o1)N(C)CCc1ccc(F)cc1. The van der Waals surface area contributed by atoms with Crippen molar-refractivity contribution < 1.29 is 8.81 Å². The highest BCUT2D eigenvalue weighted by molar-refractivity contribution is 7.13. The lowest BCUT2D eigenvalue weighted by Crippen LogP contribution is -2.25. The smallest absolute Gasteiger partial charge is 0.257 e. The van der Waals surface area contributed by atoms with Gasteiger partial charge in [0.2, 0.25) is 5.89 Å². The molecule has 4 nitrogen and oxygen atoms in total. The van der Waals surface area contributed by atoms with E-state index >= 15 is 0 Å². The van der Waals surface area contributed by atoms with Crippen molar-refractivity contribution >= 4 is 11.3 Å². The molecule has 1 unspecified atom stereocenters. The highest BCUT2D eigenvalue weighted by Gasteiger charge is 2.19. The quantitative estimate of drug-likeness (QED) is 0.680. The maximum absolute atomic E-state index is 12.9. The third-order valence-electron chi connectivity index (χ3n) is 3.86. The number of hydrogen-bond donors (Lipinski definition) is 0. The third kappa shape index (κ3) is 3.83. The third-order valence-corrected chi connectivity index (χ3v) is 4.72. The molecule has 3 rings (SSSR count). The lowest BCUT2D eigenvalue weighted by atomic mass is 10.1. The zero-order valence-corrected chi connectivity index (χ0v) is 13.9. The van der Waals surface area contributed by atoms with E-state index in [9.17, 15) is 4.39 Å². The minimum Gasteiger partial charge on any atom is -0.418 e. The number of benzene rings is 1. The Labute approximate surface area is 138 Å². The van der Waals surface area contributed by atoms with Gasteiger partial charge in [0, 0.05) is 6.54 Å². The highest BCUT2D eigenvalue weighted by atomic mass is 32.1. The summed E-state index contributed by atoms with van der Waals surface area (Å²) < 4.78 is 18.7. The molecule has 0 aliphatic rings. The van der Waals surface area contributed by atoms with Crippen molar-refractivity contribution in [3.8, 4) is 10.8 Å². The van der Waals surface area contributed by atoms with Gasteiger partial charge in [-0.1, -0.05) is 18.2 Å². The summed E-state index contributed by atoms with van der Waals surface area (Å²) in [5.41, 5.74) is 1.11. The van der Waals surface area contributed by atoms with E-state index in [4.69, 9.17) is 4.42 Å². The zero-order chi connectivity index (χ0) is 16.2. The lowest BCUT2D eigenvalue weighted by Gasteiger charge is -2.21. The molecular formula is C17H18FN3OS. The van der Waals surface area contributed by atoms with Gasteiger partial charge in [-0.25, -0.2) is 4.39 Å². The van der Waals surface area contributed by atoms with Crippen LogP contribution in [0.2, 0.25) is 0 Å². The molecule has 0 aliphatic heterocycles. The van der Waals surface area contributed by atoms with Crippen LogP contribution in [0.4, 0.5) is 4.39 Å². The Hall–Kier alpha value is -2.05. The molecule has 2 aromatic heterocycles. The van der Waals surface area contributed by atoms with Gasteiger partial charge in [0.25, 0.3) is 5.89 Å². The Morgan fingerprint density at radius 3 is 2.70 bits per heavy atom. The van der Waals surface area contributed by atoms with E-state index < -0.39 is 0 Å². The van der Waals surface area contributed by atoms with Gasteiger partial charge in [-0.3, -0.25) is 4.90 Å². The summed E-state index contributed by atoms with van der Waals surface area (Å²) in [6, 6.07) is 10.6. The van der Waals surface area contributed by atoms with Crippen molar-refractivity contribution in [2.75, 3.05) is 13.6 Å². The Morgan fingerprint density at radius 1 is 1.22 bits per heavy atom. The Bertz CT molecular complexity index is 740. The van der Waals surface area contributed by atoms with E-state index in [1.807, 2.05) is 43.6 Å². The summed E-state index contributed by atoms with van der Waals surface area (Å²) in [4.78, 5) is 3.12. The summed E-state index contributed by atoms with van der Waals surface area (Å²) in [5.74, 6) is 0.964. The average molecular weight is 331 g/mol. The summed E-state index contributed by atoms with van der Waals surface area (Å²) in [7, 11) is 2.02. The van der Waals surface area contributed by atoms with Gasteiger partial charge in [0.05, 0.1) is 10.9 Å². The molecule has 2 heterocycles. The highest BCUT2D eigenvalue weighted by Crippen LogP contribution is 2.26. The van der Waals surface area contributed by atoms with Gasteiger partial charge < -0.3 is 4.42 Å². The van der Waals surface area contributed by atoms with Crippen LogP contribution in [0, 0.1) is 5.82 Å². The predicted molar refractivity (Wildman–Crippen MR) is 88.8 cm³/mol. The topological polar surface area (TPSA) is 42.2 Å². The number of thiophene rings is 1. The van der Waals surface area contributed by atoms with E-state index in [0.717, 1.165) is 23.4 Å². The molecule has 0 bridgehead atoms. The van der Waals surface area contributed by atoms with Crippen LogP contribution in [0.5, 0.6) is 0 Å². The molecule has 0 amide bonds. The molecule has 0 saturated carbocycles. The maximum Gasteiger partial charge on any atom is 0.257 e. The van der Waals surface area contributed by atoms with E-state index in [1.54, 1.807) is 11.3 Å². The van der Waals surface area contributed by atoms with Crippen molar-refractivity contribution in [3.05, 3.63) is 59.0 Å². The first kappa shape index (κ1) is 15.8. The Kier molecular flexibility index (Phi) is 4.83. The van der Waals surface area contributed by atoms with Crippen LogP contribution >= 0.6 is 11.3 Å². The van der Waals surface area contributed by atoms with Gasteiger partial charge in [0.15, 0.2) is 0 Å². The van der Waals surface area contributed by atoms with Crippen molar-refractivity contribution in [2.24, 2.45) is 0 Å². The second-order valence-corrected chi connectivity index (χ2v) is 6.40. The van der Waals surface area contributed by atoms with E-state index in [-0.39, 0.29) is 11.9 Å². The van der Waals surface area contributed by atoms with Crippen molar-refractivity contribution in [2.45, 2.75) is 19.4 Å². The van der Waals surface area contributed by atoms with Crippen molar-refractivity contribution in [1.29, 1.82) is 0 Å². The van der Waals surface area contributed by atoms with E-state index in [2.05, 4.69) is 15.1 Å². The number of likely N-dealkylation sites (N-methyl/N-ethyl adjacent to an activating group) is 1. The molecule has 120 valence electrons. The number of halogens is 1. The molecule has 0 aliphatic carbocycles. The molecule has 0 fully saturated rings. The molecule has 1 aromatic carbocycles. The average Bonchev–Trinajstić information content (AvgIpc) is 3.24. The summed E-state index contributed by atoms with van der Waals surface area (Å²) >= 11 is 1.58. The van der Waals surface area contributed by atoms with E-state index in [0.29, 0.717) is 11.8 Å². The van der Waals surface area contributed by atoms with Crippen LogP contribution in [0.25, 0.3) is 10.8 Å². The standard InChI is InChI=1S/C17H18FN3OS/c1-12(16-19-20-17(22-16)15-4-3-11-23-15)21(2)10-9-13-5-7-14(18)8-6-13/h3-8,11-12H,9-10H2,1-2H3. The normalized spacial score (nSPS) is 12.7. The van der Waals surface area contributed by atoms with Crippen LogP contribution in [-0.4, -0.2) is 28.7 Å². The minimum absolute atomic E-state index is 0.0247. The number of nitrogens with zero attached hydrogens (tertiary/aromatic N) is 3. The number of aromatic nitrogens is 2. The number of rotatable bonds is 6. The molecule has 0 N–H and O–H groups in total. The lowest BCUT2D eigenvalue weighted by molar-refractivity contribution is 0.228. The van der Waals surface area contributed by atoms with Gasteiger partial charge in [-0.05, 0) is 49.5 Å². The van der Waals surface area contributed by atoms with Gasteiger partial charge in [-0.2, -0.15) is 0 Å². The summed E-state index contributed by atoms with van der Waals surface area (Å²) in [5, 5.41) is 10.3. The second kappa shape index (κ2) is 7.02. The van der Waals surface area contributed by atoms with Gasteiger partial charge in [0.1, 0.15) is 5.82 Å². The zero-order valence-electron chi connectivity index (χ0n) is 13.1. The van der Waals surface area contributed by atoms with Gasteiger partial charge in [-0.15, -0.1) is 21.5 Å². The number of hydrogen-bond acceptors (Lipinski definition) is 5. The van der Waals surface area contributed by atoms with Crippen LogP contribution < -0.4 is 0 Å². The van der Waals surface area contributed by atoms with Crippen LogP contribution in [0.3, 0.4) is 0 Å². The molecule has 0 saturated heterocycles. The largest absolute Gasteiger partial charge is 0.418 e. The fourth-order valence-corrected chi connectivity index (χ4v) is 2.89. The fraction of sp³-hybridized carbons (Fsp3) is 0.294. The Morgan fingerprint density at radius 2 is 2.00 bits per heavy atom.